The largest absolute Gasteiger partial charge is 0.396 e. The fraction of sp³-hybridized carbons (Fsp3) is 0.667. The number of hydrogen-bond donors (Lipinski definition) is 2. The number of fused-ring (bicyclic) bond motifs is 3. The molecule has 2 aliphatic heterocycles. The predicted molar refractivity (Wildman–Crippen MR) is 103 cm³/mol. The van der Waals surface area contributed by atoms with Gasteiger partial charge in [-0.2, -0.15) is 0 Å². The molecule has 28 heavy (non-hydrogen) atoms. The molecule has 0 aromatic carbocycles. The molecule has 1 aromatic heterocycles. The summed E-state index contributed by atoms with van der Waals surface area (Å²) in [5.41, 5.74) is 0.668. The number of rotatable bonds is 4. The molecule has 4 rings (SSSR count). The van der Waals surface area contributed by atoms with Crippen LogP contribution in [-0.2, 0) is 16.1 Å². The minimum Gasteiger partial charge on any atom is -0.396 e. The van der Waals surface area contributed by atoms with E-state index in [4.69, 9.17) is 0 Å². The van der Waals surface area contributed by atoms with Crippen molar-refractivity contribution in [3.05, 3.63) is 34.2 Å². The third kappa shape index (κ3) is 3.05. The molecule has 0 bridgehead atoms. The third-order valence-electron chi connectivity index (χ3n) is 6.76. The number of hydrogen-bond acceptors (Lipinski definition) is 4. The fourth-order valence-corrected chi connectivity index (χ4v) is 5.43. The average Bonchev–Trinajstić information content (AvgIpc) is 3.23. The van der Waals surface area contributed by atoms with E-state index in [1.807, 2.05) is 6.07 Å². The van der Waals surface area contributed by atoms with Gasteiger partial charge in [0.2, 0.25) is 11.8 Å². The van der Waals surface area contributed by atoms with Crippen LogP contribution in [0.5, 0.6) is 0 Å². The Morgan fingerprint density at radius 2 is 1.96 bits per heavy atom. The molecule has 2 fully saturated rings. The highest BCUT2D eigenvalue weighted by Gasteiger charge is 2.56. The van der Waals surface area contributed by atoms with Gasteiger partial charge in [0, 0.05) is 49.2 Å². The van der Waals surface area contributed by atoms with Crippen molar-refractivity contribution in [1.29, 1.82) is 0 Å². The lowest BCUT2D eigenvalue weighted by molar-refractivity contribution is -0.142. The highest BCUT2D eigenvalue weighted by atomic mass is 16.3. The summed E-state index contributed by atoms with van der Waals surface area (Å²) in [6, 6.07) is 4.21. The Labute approximate surface area is 164 Å². The molecule has 1 aromatic rings. The van der Waals surface area contributed by atoms with Crippen LogP contribution in [0.1, 0.15) is 57.2 Å². The van der Waals surface area contributed by atoms with Crippen molar-refractivity contribution in [2.75, 3.05) is 6.61 Å². The van der Waals surface area contributed by atoms with E-state index in [2.05, 4.69) is 5.32 Å². The van der Waals surface area contributed by atoms with Crippen molar-refractivity contribution >= 4 is 11.8 Å². The van der Waals surface area contributed by atoms with Gasteiger partial charge in [-0.3, -0.25) is 14.4 Å². The lowest BCUT2D eigenvalue weighted by Crippen LogP contribution is -2.52. The summed E-state index contributed by atoms with van der Waals surface area (Å²) >= 11 is 0. The van der Waals surface area contributed by atoms with Crippen LogP contribution in [0.2, 0.25) is 0 Å². The molecule has 7 heteroatoms. The Kier molecular flexibility index (Phi) is 5.27. The first kappa shape index (κ1) is 19.2. The van der Waals surface area contributed by atoms with E-state index in [-0.39, 0.29) is 54.3 Å². The second kappa shape index (κ2) is 7.70. The Morgan fingerprint density at radius 3 is 2.64 bits per heavy atom. The van der Waals surface area contributed by atoms with Gasteiger partial charge in [0.05, 0.1) is 6.04 Å². The number of aliphatic hydroxyl groups is 1. The third-order valence-corrected chi connectivity index (χ3v) is 6.76. The molecule has 0 spiro atoms. The number of pyridine rings is 1. The number of aliphatic hydroxyl groups excluding tert-OH is 1. The van der Waals surface area contributed by atoms with Gasteiger partial charge < -0.3 is 19.9 Å². The maximum absolute atomic E-state index is 13.2. The van der Waals surface area contributed by atoms with Gasteiger partial charge in [0.1, 0.15) is 6.04 Å². The first-order chi connectivity index (χ1) is 13.6. The van der Waals surface area contributed by atoms with Crippen LogP contribution in [0, 0.1) is 11.8 Å². The van der Waals surface area contributed by atoms with E-state index in [1.54, 1.807) is 22.5 Å². The number of carbonyl (C=O) groups excluding carboxylic acids is 2. The smallest absolute Gasteiger partial charge is 0.250 e. The minimum absolute atomic E-state index is 0.101. The summed E-state index contributed by atoms with van der Waals surface area (Å²) < 4.78 is 1.68. The van der Waals surface area contributed by atoms with Gasteiger partial charge in [-0.05, 0) is 18.9 Å². The van der Waals surface area contributed by atoms with E-state index in [1.165, 1.54) is 12.5 Å². The van der Waals surface area contributed by atoms with E-state index in [0.29, 0.717) is 6.54 Å². The molecule has 1 saturated carbocycles. The summed E-state index contributed by atoms with van der Waals surface area (Å²) in [6.45, 7) is 2.04. The molecule has 2 N–H and O–H groups in total. The molecule has 2 amide bonds. The molecule has 0 unspecified atom stereocenters. The second-order valence-corrected chi connectivity index (χ2v) is 8.30. The molecule has 3 heterocycles. The number of carbonyl (C=O) groups is 2. The van der Waals surface area contributed by atoms with E-state index >= 15 is 0 Å². The Bertz CT molecular complexity index is 814. The van der Waals surface area contributed by atoms with Crippen molar-refractivity contribution in [2.24, 2.45) is 11.8 Å². The average molecular weight is 387 g/mol. The number of amides is 2. The van der Waals surface area contributed by atoms with Crippen molar-refractivity contribution in [1.82, 2.24) is 14.8 Å². The number of nitrogens with zero attached hydrogens (tertiary/aromatic N) is 2. The summed E-state index contributed by atoms with van der Waals surface area (Å²) in [6.07, 6.45) is 5.64. The topological polar surface area (TPSA) is 91.6 Å². The molecular weight excluding hydrogens is 358 g/mol. The van der Waals surface area contributed by atoms with Gasteiger partial charge in [-0.25, -0.2) is 0 Å². The summed E-state index contributed by atoms with van der Waals surface area (Å²) in [5.74, 6) is -0.771. The first-order valence-corrected chi connectivity index (χ1v) is 10.5. The number of aromatic nitrogens is 1. The number of nitrogens with one attached hydrogen (secondary N) is 1. The summed E-state index contributed by atoms with van der Waals surface area (Å²) in [5, 5.41) is 13.3. The minimum atomic E-state index is -0.682. The molecular formula is C21H29N3O4. The van der Waals surface area contributed by atoms with E-state index in [0.717, 1.165) is 31.4 Å². The standard InChI is InChI=1S/C21H29N3O4/c1-2-17(26)24-19-14(11-23-16(19)9-6-10-18(23)27)15(12-25)20(24)21(28)22-13-7-4-3-5-8-13/h6,9-10,13-15,19-20,25H,2-5,7-8,11-12H2,1H3,(H,22,28)/t14-,15-,19+,20-/m1/s1. The van der Waals surface area contributed by atoms with Crippen LogP contribution in [-0.4, -0.2) is 45.1 Å². The fourth-order valence-electron chi connectivity index (χ4n) is 5.43. The Morgan fingerprint density at radius 1 is 1.21 bits per heavy atom. The second-order valence-electron chi connectivity index (χ2n) is 8.30. The maximum Gasteiger partial charge on any atom is 0.250 e. The Balaban J connectivity index is 1.68. The zero-order valence-corrected chi connectivity index (χ0v) is 16.3. The molecule has 1 saturated heterocycles. The molecule has 7 nitrogen and oxygen atoms in total. The van der Waals surface area contributed by atoms with Gasteiger partial charge in [-0.15, -0.1) is 0 Å². The van der Waals surface area contributed by atoms with Crippen LogP contribution in [0.25, 0.3) is 0 Å². The Hall–Kier alpha value is -2.15. The normalized spacial score (nSPS) is 29.4. The van der Waals surface area contributed by atoms with Gasteiger partial charge in [0.25, 0.3) is 5.56 Å². The first-order valence-electron chi connectivity index (χ1n) is 10.5. The summed E-state index contributed by atoms with van der Waals surface area (Å²) in [7, 11) is 0. The monoisotopic (exact) mass is 387 g/mol. The van der Waals surface area contributed by atoms with E-state index < -0.39 is 6.04 Å². The van der Waals surface area contributed by atoms with Gasteiger partial charge in [-0.1, -0.05) is 32.3 Å². The van der Waals surface area contributed by atoms with Crippen molar-refractivity contribution < 1.29 is 14.7 Å². The van der Waals surface area contributed by atoms with Gasteiger partial charge >= 0.3 is 0 Å². The highest BCUT2D eigenvalue weighted by molar-refractivity contribution is 5.89. The van der Waals surface area contributed by atoms with Crippen molar-refractivity contribution in [3.63, 3.8) is 0 Å². The van der Waals surface area contributed by atoms with Gasteiger partial charge in [0.15, 0.2) is 0 Å². The van der Waals surface area contributed by atoms with Crippen molar-refractivity contribution in [3.8, 4) is 0 Å². The van der Waals surface area contributed by atoms with Crippen LogP contribution in [0.15, 0.2) is 23.0 Å². The SMILES string of the molecule is CCC(=O)N1[C@@H]2c3cccc(=O)n3C[C@@H]2[C@@H](CO)[C@@H]1C(=O)NC1CCCCC1. The molecule has 1 aliphatic carbocycles. The van der Waals surface area contributed by atoms with Crippen LogP contribution < -0.4 is 10.9 Å². The van der Waals surface area contributed by atoms with E-state index in [9.17, 15) is 19.5 Å². The quantitative estimate of drug-likeness (QED) is 0.812. The molecule has 0 radical (unpaired) electrons. The van der Waals surface area contributed by atoms with Crippen molar-refractivity contribution in [2.45, 2.75) is 70.1 Å². The summed E-state index contributed by atoms with van der Waals surface area (Å²) in [4.78, 5) is 40.1. The lowest BCUT2D eigenvalue weighted by Gasteiger charge is -2.32. The molecule has 3 aliphatic rings. The number of likely N-dealkylation sites (tertiary alicyclic amines) is 1. The zero-order valence-electron chi connectivity index (χ0n) is 16.3. The lowest BCUT2D eigenvalue weighted by atomic mass is 9.87. The maximum atomic E-state index is 13.2. The molecule has 4 atom stereocenters. The zero-order chi connectivity index (χ0) is 19.8. The molecule has 152 valence electrons. The van der Waals surface area contributed by atoms with Crippen LogP contribution >= 0.6 is 0 Å². The van der Waals surface area contributed by atoms with Crippen LogP contribution in [0.3, 0.4) is 0 Å². The van der Waals surface area contributed by atoms with Crippen LogP contribution in [0.4, 0.5) is 0 Å². The highest BCUT2D eigenvalue weighted by Crippen LogP contribution is 2.49. The predicted octanol–water partition coefficient (Wildman–Crippen LogP) is 1.20.